The highest BCUT2D eigenvalue weighted by molar-refractivity contribution is 5.71. The smallest absolute Gasteiger partial charge is 0.332 e. The van der Waals surface area contributed by atoms with Crippen LogP contribution in [0.25, 0.3) is 11.2 Å². The molecule has 3 rings (SSSR count). The van der Waals surface area contributed by atoms with E-state index in [1.54, 1.807) is 11.6 Å². The van der Waals surface area contributed by atoms with Gasteiger partial charge in [0, 0.05) is 27.1 Å². The Hall–Kier alpha value is -2.67. The van der Waals surface area contributed by atoms with Gasteiger partial charge in [0.25, 0.3) is 5.56 Å². The lowest BCUT2D eigenvalue weighted by molar-refractivity contribution is 0.276. The van der Waals surface area contributed by atoms with Crippen molar-refractivity contribution in [3.63, 3.8) is 0 Å². The number of aryl methyl sites for hydroxylation is 1. The summed E-state index contributed by atoms with van der Waals surface area (Å²) in [4.78, 5) is 29.0. The van der Waals surface area contributed by atoms with Gasteiger partial charge >= 0.3 is 5.69 Å². The number of fused-ring (bicyclic) bond motifs is 1. The zero-order valence-electron chi connectivity index (χ0n) is 13.1. The average Bonchev–Trinajstić information content (AvgIpc) is 2.91. The first-order valence-electron chi connectivity index (χ1n) is 7.34. The van der Waals surface area contributed by atoms with Gasteiger partial charge in [-0.2, -0.15) is 0 Å². The summed E-state index contributed by atoms with van der Waals surface area (Å²) in [5.74, 6) is 0.651. The molecule has 0 aliphatic heterocycles. The highest BCUT2D eigenvalue weighted by Gasteiger charge is 2.18. The first-order chi connectivity index (χ1) is 11.0. The standard InChI is InChI=1S/C16H18N4O3/c1-18-14-13(15(22)19(2)16(18)23)20(8-9-21)12(17-14)10-11-6-4-3-5-7-11/h3-7,21H,8-10H2,1-2H3. The Labute approximate surface area is 132 Å². The maximum Gasteiger partial charge on any atom is 0.332 e. The maximum atomic E-state index is 12.5. The Balaban J connectivity index is 2.28. The van der Waals surface area contributed by atoms with E-state index in [1.807, 2.05) is 30.3 Å². The van der Waals surface area contributed by atoms with Crippen molar-refractivity contribution in [2.75, 3.05) is 6.61 Å². The molecule has 1 N–H and O–H groups in total. The summed E-state index contributed by atoms with van der Waals surface area (Å²) in [5.41, 5.74) is 0.918. The van der Waals surface area contributed by atoms with Crippen molar-refractivity contribution < 1.29 is 5.11 Å². The molecule has 1 aromatic carbocycles. The van der Waals surface area contributed by atoms with Gasteiger partial charge in [0.15, 0.2) is 11.2 Å². The second-order valence-electron chi connectivity index (χ2n) is 5.44. The quantitative estimate of drug-likeness (QED) is 0.736. The Morgan fingerprint density at radius 3 is 2.43 bits per heavy atom. The lowest BCUT2D eigenvalue weighted by atomic mass is 10.1. The van der Waals surface area contributed by atoms with Crippen LogP contribution in [0.15, 0.2) is 39.9 Å². The van der Waals surface area contributed by atoms with E-state index < -0.39 is 11.2 Å². The van der Waals surface area contributed by atoms with E-state index in [4.69, 9.17) is 0 Å². The van der Waals surface area contributed by atoms with E-state index in [1.165, 1.54) is 11.6 Å². The molecule has 0 fully saturated rings. The van der Waals surface area contributed by atoms with Gasteiger partial charge in [-0.3, -0.25) is 13.9 Å². The van der Waals surface area contributed by atoms with E-state index in [0.717, 1.165) is 10.1 Å². The summed E-state index contributed by atoms with van der Waals surface area (Å²) < 4.78 is 4.12. The number of benzene rings is 1. The van der Waals surface area contributed by atoms with E-state index >= 15 is 0 Å². The monoisotopic (exact) mass is 314 g/mol. The Morgan fingerprint density at radius 2 is 1.78 bits per heavy atom. The Bertz CT molecular complexity index is 967. The second-order valence-corrected chi connectivity index (χ2v) is 5.44. The summed E-state index contributed by atoms with van der Waals surface area (Å²) >= 11 is 0. The number of hydrogen-bond acceptors (Lipinski definition) is 4. The molecule has 0 saturated carbocycles. The Kier molecular flexibility index (Phi) is 3.87. The fourth-order valence-electron chi connectivity index (χ4n) is 2.75. The summed E-state index contributed by atoms with van der Waals surface area (Å²) in [6.07, 6.45) is 0.521. The summed E-state index contributed by atoms with van der Waals surface area (Å²) in [5, 5.41) is 9.35. The molecule has 3 aromatic rings. The largest absolute Gasteiger partial charge is 0.395 e. The van der Waals surface area contributed by atoms with E-state index in [-0.39, 0.29) is 13.2 Å². The van der Waals surface area contributed by atoms with Crippen LogP contribution in [0.4, 0.5) is 0 Å². The van der Waals surface area contributed by atoms with Gasteiger partial charge in [0.2, 0.25) is 0 Å². The van der Waals surface area contributed by atoms with Crippen LogP contribution in [0, 0.1) is 0 Å². The van der Waals surface area contributed by atoms with Crippen LogP contribution in [-0.4, -0.2) is 30.4 Å². The van der Waals surface area contributed by atoms with Crippen molar-refractivity contribution in [3.8, 4) is 0 Å². The third kappa shape index (κ3) is 2.49. The molecule has 0 spiro atoms. The fraction of sp³-hybridized carbons (Fsp3) is 0.312. The molecule has 0 bridgehead atoms. The lowest BCUT2D eigenvalue weighted by Crippen LogP contribution is -2.37. The molecular weight excluding hydrogens is 296 g/mol. The van der Waals surface area contributed by atoms with Crippen molar-refractivity contribution in [1.29, 1.82) is 0 Å². The maximum absolute atomic E-state index is 12.5. The molecule has 0 atom stereocenters. The number of aromatic nitrogens is 4. The SMILES string of the molecule is Cn1c(=O)c2c(nc(Cc3ccccc3)n2CCO)n(C)c1=O. The van der Waals surface area contributed by atoms with Gasteiger partial charge < -0.3 is 9.67 Å². The second kappa shape index (κ2) is 5.85. The molecule has 0 unspecified atom stereocenters. The van der Waals surface area contributed by atoms with Crippen molar-refractivity contribution in [3.05, 3.63) is 62.6 Å². The lowest BCUT2D eigenvalue weighted by Gasteiger charge is -2.08. The molecule has 7 heteroatoms. The van der Waals surface area contributed by atoms with Crippen molar-refractivity contribution in [1.82, 2.24) is 18.7 Å². The molecule has 0 aliphatic rings. The molecule has 7 nitrogen and oxygen atoms in total. The third-order valence-electron chi connectivity index (χ3n) is 3.96. The van der Waals surface area contributed by atoms with Crippen LogP contribution in [0.1, 0.15) is 11.4 Å². The minimum atomic E-state index is -0.414. The number of nitrogens with zero attached hydrogens (tertiary/aromatic N) is 4. The summed E-state index contributed by atoms with van der Waals surface area (Å²) in [6.45, 7) is 0.144. The predicted octanol–water partition coefficient (Wildman–Crippen LogP) is 0.0168. The predicted molar refractivity (Wildman–Crippen MR) is 86.5 cm³/mol. The van der Waals surface area contributed by atoms with Gasteiger partial charge in [-0.15, -0.1) is 0 Å². The van der Waals surface area contributed by atoms with Crippen molar-refractivity contribution >= 4 is 11.2 Å². The fourth-order valence-corrected chi connectivity index (χ4v) is 2.75. The van der Waals surface area contributed by atoms with E-state index in [9.17, 15) is 14.7 Å². The molecule has 0 radical (unpaired) electrons. The normalized spacial score (nSPS) is 11.3. The van der Waals surface area contributed by atoms with Gasteiger partial charge in [-0.25, -0.2) is 9.78 Å². The number of imidazole rings is 1. The minimum Gasteiger partial charge on any atom is -0.395 e. The summed E-state index contributed by atoms with van der Waals surface area (Å²) in [7, 11) is 3.03. The summed E-state index contributed by atoms with van der Waals surface area (Å²) in [6, 6.07) is 9.74. The first kappa shape index (κ1) is 15.2. The molecule has 120 valence electrons. The van der Waals surface area contributed by atoms with Gasteiger partial charge in [0.1, 0.15) is 5.82 Å². The highest BCUT2D eigenvalue weighted by Crippen LogP contribution is 2.14. The minimum absolute atomic E-state index is 0.112. The number of rotatable bonds is 4. The first-order valence-corrected chi connectivity index (χ1v) is 7.34. The molecule has 0 amide bonds. The van der Waals surface area contributed by atoms with Gasteiger partial charge in [-0.1, -0.05) is 30.3 Å². The van der Waals surface area contributed by atoms with Crippen molar-refractivity contribution in [2.45, 2.75) is 13.0 Å². The van der Waals surface area contributed by atoms with E-state index in [2.05, 4.69) is 4.98 Å². The van der Waals surface area contributed by atoms with Gasteiger partial charge in [-0.05, 0) is 5.56 Å². The van der Waals surface area contributed by atoms with Crippen LogP contribution in [0.3, 0.4) is 0 Å². The van der Waals surface area contributed by atoms with Crippen LogP contribution in [-0.2, 0) is 27.1 Å². The zero-order chi connectivity index (χ0) is 16.6. The molecule has 0 saturated heterocycles. The Morgan fingerprint density at radius 1 is 1.09 bits per heavy atom. The molecular formula is C16H18N4O3. The van der Waals surface area contributed by atoms with Crippen molar-refractivity contribution in [2.24, 2.45) is 14.1 Å². The number of aliphatic hydroxyl groups is 1. The number of hydrogen-bond donors (Lipinski definition) is 1. The van der Waals surface area contributed by atoms with Crippen LogP contribution >= 0.6 is 0 Å². The van der Waals surface area contributed by atoms with E-state index in [0.29, 0.717) is 23.4 Å². The highest BCUT2D eigenvalue weighted by atomic mass is 16.3. The van der Waals surface area contributed by atoms with Crippen LogP contribution in [0.5, 0.6) is 0 Å². The molecule has 0 aliphatic carbocycles. The third-order valence-corrected chi connectivity index (χ3v) is 3.96. The average molecular weight is 314 g/mol. The topological polar surface area (TPSA) is 82.0 Å². The molecule has 23 heavy (non-hydrogen) atoms. The number of aliphatic hydroxyl groups excluding tert-OH is 1. The van der Waals surface area contributed by atoms with Crippen LogP contribution < -0.4 is 11.2 Å². The zero-order valence-corrected chi connectivity index (χ0v) is 13.1. The van der Waals surface area contributed by atoms with Crippen LogP contribution in [0.2, 0.25) is 0 Å². The molecule has 2 heterocycles. The molecule has 2 aromatic heterocycles. The van der Waals surface area contributed by atoms with Gasteiger partial charge in [0.05, 0.1) is 6.61 Å².